The SMILES string of the molecule is C=C1Nc2nc(-c3ccccc3)nn2C(c2cccnc2)C1C(=O)Nc1ccccc1. The number of nitrogens with one attached hydrogen (secondary N) is 2. The Hall–Kier alpha value is -4.26. The highest BCUT2D eigenvalue weighted by molar-refractivity contribution is 5.95. The van der Waals surface area contributed by atoms with E-state index in [9.17, 15) is 4.79 Å². The van der Waals surface area contributed by atoms with Gasteiger partial charge in [0.1, 0.15) is 5.92 Å². The number of hydrogen-bond donors (Lipinski definition) is 2. The summed E-state index contributed by atoms with van der Waals surface area (Å²) in [6, 6.07) is 22.4. The van der Waals surface area contributed by atoms with E-state index < -0.39 is 12.0 Å². The van der Waals surface area contributed by atoms with E-state index in [4.69, 9.17) is 5.10 Å². The number of benzene rings is 2. The number of fused-ring (bicyclic) bond motifs is 1. The minimum Gasteiger partial charge on any atom is -0.328 e. The Morgan fingerprint density at radius 1 is 1.00 bits per heavy atom. The summed E-state index contributed by atoms with van der Waals surface area (Å²) in [5.74, 6) is 0.331. The van der Waals surface area contributed by atoms with E-state index in [-0.39, 0.29) is 5.91 Å². The number of aromatic nitrogens is 4. The van der Waals surface area contributed by atoms with Crippen LogP contribution in [0.25, 0.3) is 11.4 Å². The zero-order chi connectivity index (χ0) is 21.2. The van der Waals surface area contributed by atoms with Crippen molar-refractivity contribution < 1.29 is 4.79 Å². The van der Waals surface area contributed by atoms with Gasteiger partial charge in [-0.3, -0.25) is 9.78 Å². The van der Waals surface area contributed by atoms with Gasteiger partial charge in [-0.05, 0) is 23.8 Å². The third kappa shape index (κ3) is 3.57. The van der Waals surface area contributed by atoms with Crippen LogP contribution in [-0.4, -0.2) is 25.7 Å². The predicted octanol–water partition coefficient (Wildman–Crippen LogP) is 4.12. The van der Waals surface area contributed by atoms with Crippen LogP contribution in [0, 0.1) is 5.92 Å². The molecule has 2 aromatic carbocycles. The summed E-state index contributed by atoms with van der Waals surface area (Å²) >= 11 is 0. The van der Waals surface area contributed by atoms with Crippen molar-refractivity contribution in [2.24, 2.45) is 5.92 Å². The third-order valence-corrected chi connectivity index (χ3v) is 5.24. The van der Waals surface area contributed by atoms with Crippen LogP contribution in [0.15, 0.2) is 97.5 Å². The quantitative estimate of drug-likeness (QED) is 0.531. The zero-order valence-corrected chi connectivity index (χ0v) is 16.6. The maximum absolute atomic E-state index is 13.4. The molecular formula is C24H20N6O. The second-order valence-corrected chi connectivity index (χ2v) is 7.28. The number of pyridine rings is 1. The average molecular weight is 408 g/mol. The van der Waals surface area contributed by atoms with Crippen LogP contribution in [0.4, 0.5) is 11.6 Å². The molecule has 2 unspecified atom stereocenters. The molecule has 5 rings (SSSR count). The lowest BCUT2D eigenvalue weighted by Crippen LogP contribution is -2.39. The monoisotopic (exact) mass is 408 g/mol. The molecule has 2 aromatic heterocycles. The van der Waals surface area contributed by atoms with Gasteiger partial charge in [-0.1, -0.05) is 61.2 Å². The van der Waals surface area contributed by atoms with Gasteiger partial charge in [-0.25, -0.2) is 4.68 Å². The minimum atomic E-state index is -0.609. The van der Waals surface area contributed by atoms with Gasteiger partial charge in [0.15, 0.2) is 5.82 Å². The van der Waals surface area contributed by atoms with E-state index in [1.165, 1.54) is 0 Å². The van der Waals surface area contributed by atoms with Crippen molar-refractivity contribution >= 4 is 17.5 Å². The van der Waals surface area contributed by atoms with Crippen LogP contribution in [0.3, 0.4) is 0 Å². The minimum absolute atomic E-state index is 0.181. The fraction of sp³-hybridized carbons (Fsp3) is 0.0833. The summed E-state index contributed by atoms with van der Waals surface area (Å²) in [6.07, 6.45) is 3.45. The molecule has 0 saturated heterocycles. The second-order valence-electron chi connectivity index (χ2n) is 7.28. The smallest absolute Gasteiger partial charge is 0.235 e. The molecule has 1 aliphatic heterocycles. The van der Waals surface area contributed by atoms with Crippen LogP contribution < -0.4 is 10.6 Å². The molecule has 0 spiro atoms. The molecular weight excluding hydrogens is 388 g/mol. The molecule has 31 heavy (non-hydrogen) atoms. The van der Waals surface area contributed by atoms with Crippen molar-refractivity contribution in [2.75, 3.05) is 10.6 Å². The summed E-state index contributed by atoms with van der Waals surface area (Å²) in [6.45, 7) is 4.14. The van der Waals surface area contributed by atoms with Crippen molar-refractivity contribution in [3.05, 3.63) is 103 Å². The lowest BCUT2D eigenvalue weighted by Gasteiger charge is -2.33. The molecule has 2 N–H and O–H groups in total. The summed E-state index contributed by atoms with van der Waals surface area (Å²) in [7, 11) is 0. The van der Waals surface area contributed by atoms with Gasteiger partial charge in [-0.2, -0.15) is 4.98 Å². The second kappa shape index (κ2) is 7.87. The Kier molecular flexibility index (Phi) is 4.76. The first-order valence-electron chi connectivity index (χ1n) is 9.94. The molecule has 1 amide bonds. The lowest BCUT2D eigenvalue weighted by molar-refractivity contribution is -0.119. The van der Waals surface area contributed by atoms with Gasteiger partial charge in [0.2, 0.25) is 11.9 Å². The van der Waals surface area contributed by atoms with E-state index in [0.717, 1.165) is 16.8 Å². The number of nitrogens with zero attached hydrogens (tertiary/aromatic N) is 4. The van der Waals surface area contributed by atoms with E-state index in [1.807, 2.05) is 72.8 Å². The average Bonchev–Trinajstić information content (AvgIpc) is 3.23. The molecule has 3 heterocycles. The number of para-hydroxylation sites is 1. The lowest BCUT2D eigenvalue weighted by atomic mass is 9.89. The van der Waals surface area contributed by atoms with E-state index in [0.29, 0.717) is 17.5 Å². The van der Waals surface area contributed by atoms with Crippen LogP contribution in [-0.2, 0) is 4.79 Å². The molecule has 0 saturated carbocycles. The summed E-state index contributed by atoms with van der Waals surface area (Å²) < 4.78 is 1.75. The molecule has 0 radical (unpaired) electrons. The Labute approximate surface area is 179 Å². The summed E-state index contributed by atoms with van der Waals surface area (Å²) in [5, 5.41) is 10.9. The highest BCUT2D eigenvalue weighted by atomic mass is 16.2. The van der Waals surface area contributed by atoms with Crippen molar-refractivity contribution in [1.82, 2.24) is 19.7 Å². The highest BCUT2D eigenvalue weighted by Gasteiger charge is 2.40. The van der Waals surface area contributed by atoms with Crippen LogP contribution in [0.1, 0.15) is 11.6 Å². The van der Waals surface area contributed by atoms with Gasteiger partial charge >= 0.3 is 0 Å². The molecule has 0 fully saturated rings. The molecule has 0 aliphatic carbocycles. The van der Waals surface area contributed by atoms with Crippen LogP contribution >= 0.6 is 0 Å². The Morgan fingerprint density at radius 2 is 1.74 bits per heavy atom. The van der Waals surface area contributed by atoms with Crippen LogP contribution in [0.2, 0.25) is 0 Å². The van der Waals surface area contributed by atoms with E-state index in [1.54, 1.807) is 17.1 Å². The van der Waals surface area contributed by atoms with Crippen molar-refractivity contribution in [3.8, 4) is 11.4 Å². The van der Waals surface area contributed by atoms with Gasteiger partial charge in [0.05, 0.1) is 6.04 Å². The van der Waals surface area contributed by atoms with Crippen LogP contribution in [0.5, 0.6) is 0 Å². The zero-order valence-electron chi connectivity index (χ0n) is 16.6. The first kappa shape index (κ1) is 18.7. The topological polar surface area (TPSA) is 84.7 Å². The first-order chi connectivity index (χ1) is 15.2. The molecule has 152 valence electrons. The molecule has 7 nitrogen and oxygen atoms in total. The molecule has 0 bridgehead atoms. The van der Waals surface area contributed by atoms with Gasteiger partial charge < -0.3 is 10.6 Å². The van der Waals surface area contributed by atoms with Gasteiger partial charge in [0, 0.05) is 29.3 Å². The number of anilines is 2. The summed E-state index contributed by atoms with van der Waals surface area (Å²) in [4.78, 5) is 22.3. The number of hydrogen-bond acceptors (Lipinski definition) is 5. The summed E-state index contributed by atoms with van der Waals surface area (Å²) in [5.41, 5.74) is 3.03. The van der Waals surface area contributed by atoms with Gasteiger partial charge in [0.25, 0.3) is 0 Å². The maximum atomic E-state index is 13.4. The molecule has 2 atom stereocenters. The van der Waals surface area contributed by atoms with Crippen molar-refractivity contribution in [1.29, 1.82) is 0 Å². The maximum Gasteiger partial charge on any atom is 0.235 e. The standard InChI is InChI=1S/C24H20N6O/c1-16-20(23(31)27-19-12-6-3-7-13-19)21(18-11-8-14-25-15-18)30-24(26-16)28-22(29-30)17-9-4-2-5-10-17/h2-15,20-21H,1H2,(H,27,31)(H,26,28,29). The number of carbonyl (C=O) groups is 1. The number of rotatable bonds is 4. The first-order valence-corrected chi connectivity index (χ1v) is 9.94. The van der Waals surface area contributed by atoms with E-state index >= 15 is 0 Å². The Morgan fingerprint density at radius 3 is 2.45 bits per heavy atom. The predicted molar refractivity (Wildman–Crippen MR) is 119 cm³/mol. The Bertz CT molecular complexity index is 1220. The molecule has 7 heteroatoms. The largest absolute Gasteiger partial charge is 0.328 e. The third-order valence-electron chi connectivity index (χ3n) is 5.24. The van der Waals surface area contributed by atoms with Crippen molar-refractivity contribution in [2.45, 2.75) is 6.04 Å². The van der Waals surface area contributed by atoms with Gasteiger partial charge in [-0.15, -0.1) is 5.10 Å². The normalized spacial score (nSPS) is 17.5. The highest BCUT2D eigenvalue weighted by Crippen LogP contribution is 2.38. The fourth-order valence-corrected chi connectivity index (χ4v) is 3.79. The fourth-order valence-electron chi connectivity index (χ4n) is 3.79. The number of carbonyl (C=O) groups excluding carboxylic acids is 1. The number of amides is 1. The van der Waals surface area contributed by atoms with Crippen molar-refractivity contribution in [3.63, 3.8) is 0 Å². The van der Waals surface area contributed by atoms with E-state index in [2.05, 4.69) is 27.2 Å². The Balaban J connectivity index is 1.58. The molecule has 1 aliphatic rings. The molecule has 4 aromatic rings.